The molecule has 2 nitrogen and oxygen atoms in total. The van der Waals surface area contributed by atoms with E-state index in [1.165, 1.54) is 76.4 Å². The SMILES string of the molecule is c1ccc(-c2ccc(-c3cccc(-n4c5cccc6c7ccccc7c7cccc8oc9ccc4c(c9c87)c65)c3)cc2)cc1. The zero-order valence-electron chi connectivity index (χ0n) is 23.8. The van der Waals surface area contributed by atoms with Crippen molar-refractivity contribution in [3.05, 3.63) is 152 Å². The molecule has 10 rings (SSSR count). The Morgan fingerprint density at radius 2 is 0.909 bits per heavy atom. The van der Waals surface area contributed by atoms with Gasteiger partial charge in [0.05, 0.1) is 11.0 Å². The van der Waals surface area contributed by atoms with Crippen molar-refractivity contribution in [3.8, 4) is 27.9 Å². The number of hydrogen-bond donors (Lipinski definition) is 0. The normalized spacial score (nSPS) is 12.1. The van der Waals surface area contributed by atoms with Gasteiger partial charge in [-0.15, -0.1) is 0 Å². The van der Waals surface area contributed by atoms with E-state index in [0.717, 1.165) is 16.9 Å². The summed E-state index contributed by atoms with van der Waals surface area (Å²) in [4.78, 5) is 0. The van der Waals surface area contributed by atoms with Crippen molar-refractivity contribution >= 4 is 65.3 Å². The molecule has 0 aliphatic carbocycles. The van der Waals surface area contributed by atoms with Crippen molar-refractivity contribution < 1.29 is 4.42 Å². The molecule has 0 fully saturated rings. The van der Waals surface area contributed by atoms with Crippen LogP contribution in [0.3, 0.4) is 0 Å². The minimum atomic E-state index is 0.931. The first-order chi connectivity index (χ1) is 21.8. The molecule has 0 aliphatic heterocycles. The minimum Gasteiger partial charge on any atom is -0.456 e. The van der Waals surface area contributed by atoms with Crippen LogP contribution in [0.15, 0.2) is 156 Å². The van der Waals surface area contributed by atoms with Crippen molar-refractivity contribution in [2.75, 3.05) is 0 Å². The van der Waals surface area contributed by atoms with Gasteiger partial charge in [-0.05, 0) is 80.2 Å². The second-order valence-corrected chi connectivity index (χ2v) is 11.7. The fourth-order valence-electron chi connectivity index (χ4n) is 7.45. The minimum absolute atomic E-state index is 0.931. The number of nitrogens with zero attached hydrogens (tertiary/aromatic N) is 1. The number of hydrogen-bond acceptors (Lipinski definition) is 1. The quantitative estimate of drug-likeness (QED) is 0.211. The molecule has 10 aromatic rings. The fraction of sp³-hybridized carbons (Fsp3) is 0. The molecule has 8 aromatic carbocycles. The summed E-state index contributed by atoms with van der Waals surface area (Å²) in [5.41, 5.74) is 10.2. The Morgan fingerprint density at radius 1 is 0.341 bits per heavy atom. The highest BCUT2D eigenvalue weighted by Gasteiger charge is 2.22. The van der Waals surface area contributed by atoms with Gasteiger partial charge >= 0.3 is 0 Å². The van der Waals surface area contributed by atoms with Crippen LogP contribution in [0.2, 0.25) is 0 Å². The van der Waals surface area contributed by atoms with E-state index in [9.17, 15) is 0 Å². The summed E-state index contributed by atoms with van der Waals surface area (Å²) in [6.07, 6.45) is 0. The monoisotopic (exact) mass is 559 g/mol. The van der Waals surface area contributed by atoms with E-state index in [4.69, 9.17) is 4.42 Å². The summed E-state index contributed by atoms with van der Waals surface area (Å²) in [7, 11) is 0. The topological polar surface area (TPSA) is 18.1 Å². The van der Waals surface area contributed by atoms with Crippen LogP contribution >= 0.6 is 0 Å². The fourth-order valence-corrected chi connectivity index (χ4v) is 7.45. The van der Waals surface area contributed by atoms with Crippen LogP contribution in [0, 0.1) is 0 Å². The molecule has 0 N–H and O–H groups in total. The lowest BCUT2D eigenvalue weighted by atomic mass is 9.95. The van der Waals surface area contributed by atoms with Crippen molar-refractivity contribution in [3.63, 3.8) is 0 Å². The van der Waals surface area contributed by atoms with Gasteiger partial charge in [0.1, 0.15) is 11.2 Å². The molecule has 0 saturated carbocycles. The first kappa shape index (κ1) is 23.7. The molecule has 0 unspecified atom stereocenters. The largest absolute Gasteiger partial charge is 0.456 e. The summed E-state index contributed by atoms with van der Waals surface area (Å²) in [5.74, 6) is 0. The second-order valence-electron chi connectivity index (χ2n) is 11.7. The second kappa shape index (κ2) is 8.82. The molecule has 2 heteroatoms. The van der Waals surface area contributed by atoms with Crippen LogP contribution < -0.4 is 0 Å². The Kier molecular flexibility index (Phi) is 4.75. The van der Waals surface area contributed by atoms with Crippen molar-refractivity contribution in [2.24, 2.45) is 0 Å². The molecule has 44 heavy (non-hydrogen) atoms. The highest BCUT2D eigenvalue weighted by Crippen LogP contribution is 2.47. The molecule has 204 valence electrons. The summed E-state index contributed by atoms with van der Waals surface area (Å²) in [5, 5.41) is 9.89. The average Bonchev–Trinajstić information content (AvgIpc) is 3.64. The Hall–Kier alpha value is -5.86. The predicted octanol–water partition coefficient (Wildman–Crippen LogP) is 11.8. The number of furan rings is 1. The van der Waals surface area contributed by atoms with Gasteiger partial charge < -0.3 is 8.98 Å². The Morgan fingerprint density at radius 3 is 1.70 bits per heavy atom. The smallest absolute Gasteiger partial charge is 0.136 e. The van der Waals surface area contributed by atoms with Crippen LogP contribution in [0.4, 0.5) is 0 Å². The standard InChI is InChI=1S/C42H25NO/c1-2-9-26(10-3-1)27-19-21-28(22-20-27)29-11-6-12-30(25-29)43-35-17-7-15-33-31-13-4-5-14-32(31)34-16-8-18-37-40(34)42-38(44-37)24-23-36(43)41(42)39(33)35/h1-25H. The van der Waals surface area contributed by atoms with E-state index in [2.05, 4.69) is 156 Å². The first-order valence-electron chi connectivity index (χ1n) is 15.1. The maximum absolute atomic E-state index is 6.51. The molecule has 0 amide bonds. The highest BCUT2D eigenvalue weighted by molar-refractivity contribution is 6.38. The van der Waals surface area contributed by atoms with Gasteiger partial charge in [0.15, 0.2) is 0 Å². The lowest BCUT2D eigenvalue weighted by Crippen LogP contribution is -1.94. The van der Waals surface area contributed by atoms with E-state index >= 15 is 0 Å². The molecular weight excluding hydrogens is 534 g/mol. The Balaban J connectivity index is 1.29. The van der Waals surface area contributed by atoms with Crippen LogP contribution in [0.25, 0.3) is 93.2 Å². The molecular formula is C42H25NO. The van der Waals surface area contributed by atoms with E-state index < -0.39 is 0 Å². The van der Waals surface area contributed by atoms with Gasteiger partial charge in [0, 0.05) is 27.2 Å². The lowest BCUT2D eigenvalue weighted by Gasteiger charge is -2.11. The van der Waals surface area contributed by atoms with E-state index in [0.29, 0.717) is 0 Å². The number of benzene rings is 7. The molecule has 0 atom stereocenters. The Labute approximate surface area is 253 Å². The lowest BCUT2D eigenvalue weighted by molar-refractivity contribution is 0.669. The number of aromatic nitrogens is 1. The number of rotatable bonds is 3. The van der Waals surface area contributed by atoms with Crippen LogP contribution in [-0.2, 0) is 0 Å². The highest BCUT2D eigenvalue weighted by atomic mass is 16.3. The molecule has 2 heterocycles. The number of fused-ring (bicyclic) bond motifs is 3. The first-order valence-corrected chi connectivity index (χ1v) is 15.1. The van der Waals surface area contributed by atoms with Gasteiger partial charge in [-0.2, -0.15) is 0 Å². The van der Waals surface area contributed by atoms with Crippen molar-refractivity contribution in [2.45, 2.75) is 0 Å². The molecule has 2 aromatic heterocycles. The molecule has 0 aliphatic rings. The summed E-state index contributed by atoms with van der Waals surface area (Å²) < 4.78 is 8.95. The van der Waals surface area contributed by atoms with Crippen molar-refractivity contribution in [1.82, 2.24) is 4.57 Å². The third-order valence-corrected chi connectivity index (χ3v) is 9.35. The van der Waals surface area contributed by atoms with Gasteiger partial charge in [-0.1, -0.05) is 115 Å². The zero-order valence-corrected chi connectivity index (χ0v) is 23.8. The average molecular weight is 560 g/mol. The van der Waals surface area contributed by atoms with E-state index in [1.807, 2.05) is 0 Å². The zero-order chi connectivity index (χ0) is 28.8. The van der Waals surface area contributed by atoms with Gasteiger partial charge in [0.2, 0.25) is 0 Å². The molecule has 0 saturated heterocycles. The van der Waals surface area contributed by atoms with Gasteiger partial charge in [-0.3, -0.25) is 0 Å². The maximum Gasteiger partial charge on any atom is 0.136 e. The Bertz CT molecular complexity index is 2690. The van der Waals surface area contributed by atoms with Crippen LogP contribution in [-0.4, -0.2) is 4.57 Å². The van der Waals surface area contributed by atoms with Gasteiger partial charge in [0.25, 0.3) is 0 Å². The third kappa shape index (κ3) is 3.20. The van der Waals surface area contributed by atoms with Crippen LogP contribution in [0.1, 0.15) is 0 Å². The van der Waals surface area contributed by atoms with Crippen molar-refractivity contribution in [1.29, 1.82) is 0 Å². The molecule has 0 radical (unpaired) electrons. The van der Waals surface area contributed by atoms with E-state index in [1.54, 1.807) is 0 Å². The summed E-state index contributed by atoms with van der Waals surface area (Å²) in [6, 6.07) is 54.7. The van der Waals surface area contributed by atoms with Gasteiger partial charge in [-0.25, -0.2) is 0 Å². The van der Waals surface area contributed by atoms with Crippen LogP contribution in [0.5, 0.6) is 0 Å². The van der Waals surface area contributed by atoms with E-state index in [-0.39, 0.29) is 0 Å². The summed E-state index contributed by atoms with van der Waals surface area (Å²) in [6.45, 7) is 0. The molecule has 0 bridgehead atoms. The third-order valence-electron chi connectivity index (χ3n) is 9.35. The summed E-state index contributed by atoms with van der Waals surface area (Å²) >= 11 is 0. The predicted molar refractivity (Wildman–Crippen MR) is 185 cm³/mol. The molecule has 0 spiro atoms. The maximum atomic E-state index is 6.51.